The molecule has 2 heterocycles. The Morgan fingerprint density at radius 3 is 2.89 bits per heavy atom. The lowest BCUT2D eigenvalue weighted by molar-refractivity contribution is 0.487. The quantitative estimate of drug-likeness (QED) is 0.724. The van der Waals surface area contributed by atoms with Crippen LogP contribution in [-0.2, 0) is 0 Å². The van der Waals surface area contributed by atoms with E-state index >= 15 is 0 Å². The van der Waals surface area contributed by atoms with E-state index in [0.717, 1.165) is 16.6 Å². The van der Waals surface area contributed by atoms with E-state index in [4.69, 9.17) is 10.2 Å². The molecule has 0 spiro atoms. The van der Waals surface area contributed by atoms with Gasteiger partial charge in [-0.1, -0.05) is 18.2 Å². The number of para-hydroxylation sites is 1. The number of hydrogen-bond donors (Lipinski definition) is 2. The van der Waals surface area contributed by atoms with E-state index in [0.29, 0.717) is 11.7 Å². The maximum Gasteiger partial charge on any atom is 0.243 e. The molecule has 4 nitrogen and oxygen atoms in total. The summed E-state index contributed by atoms with van der Waals surface area (Å²) in [6, 6.07) is 8.08. The third kappa shape index (κ3) is 1.71. The molecule has 0 radical (unpaired) electrons. The van der Waals surface area contributed by atoms with E-state index in [1.807, 2.05) is 19.1 Å². The van der Waals surface area contributed by atoms with E-state index in [1.54, 1.807) is 6.20 Å². The van der Waals surface area contributed by atoms with Crippen molar-refractivity contribution in [3.8, 4) is 11.6 Å². The first-order valence-corrected chi connectivity index (χ1v) is 5.95. The molecule has 3 rings (SSSR count). The van der Waals surface area contributed by atoms with Crippen LogP contribution in [-0.4, -0.2) is 9.97 Å². The topological polar surface area (TPSA) is 67.8 Å². The third-order valence-corrected chi connectivity index (χ3v) is 3.07. The highest BCUT2D eigenvalue weighted by Crippen LogP contribution is 2.26. The first kappa shape index (κ1) is 11.0. The van der Waals surface area contributed by atoms with Crippen molar-refractivity contribution in [1.82, 2.24) is 9.97 Å². The van der Waals surface area contributed by atoms with Crippen LogP contribution in [0.1, 0.15) is 24.3 Å². The van der Waals surface area contributed by atoms with Gasteiger partial charge >= 0.3 is 0 Å². The lowest BCUT2D eigenvalue weighted by Crippen LogP contribution is -2.02. The number of aryl methyl sites for hydroxylation is 1. The molecule has 0 amide bonds. The van der Waals surface area contributed by atoms with Crippen molar-refractivity contribution in [2.45, 2.75) is 19.9 Å². The van der Waals surface area contributed by atoms with Gasteiger partial charge in [0.1, 0.15) is 11.5 Å². The van der Waals surface area contributed by atoms with Crippen LogP contribution in [0, 0.1) is 6.92 Å². The summed E-state index contributed by atoms with van der Waals surface area (Å²) in [6.45, 7) is 3.95. The Morgan fingerprint density at radius 2 is 2.22 bits per heavy atom. The number of hydrogen-bond acceptors (Lipinski definition) is 3. The Kier molecular flexibility index (Phi) is 2.45. The zero-order chi connectivity index (χ0) is 12.7. The molecule has 0 aliphatic heterocycles. The van der Waals surface area contributed by atoms with Crippen LogP contribution in [0.2, 0.25) is 0 Å². The van der Waals surface area contributed by atoms with Crippen LogP contribution in [0.15, 0.2) is 34.9 Å². The summed E-state index contributed by atoms with van der Waals surface area (Å²) in [5.74, 6) is 1.28. The minimum atomic E-state index is -0.141. The lowest BCUT2D eigenvalue weighted by Gasteiger charge is -1.96. The molecule has 92 valence electrons. The first-order valence-electron chi connectivity index (χ1n) is 5.95. The standard InChI is InChI=1S/C14H15N3O/c1-8-4-3-5-10-6-11(17-13(8)10)14-16-7-12(18-14)9(2)15/h3-7,9,17H,15H2,1-2H3. The fourth-order valence-corrected chi connectivity index (χ4v) is 2.04. The zero-order valence-corrected chi connectivity index (χ0v) is 10.4. The Balaban J connectivity index is 2.10. The highest BCUT2D eigenvalue weighted by molar-refractivity contribution is 5.86. The molecule has 1 atom stereocenters. The minimum Gasteiger partial charge on any atom is -0.438 e. The van der Waals surface area contributed by atoms with Crippen LogP contribution < -0.4 is 5.73 Å². The molecular weight excluding hydrogens is 226 g/mol. The van der Waals surface area contributed by atoms with E-state index in [-0.39, 0.29) is 6.04 Å². The van der Waals surface area contributed by atoms with Gasteiger partial charge in [0.25, 0.3) is 0 Å². The molecule has 1 aromatic carbocycles. The number of nitrogens with two attached hydrogens (primary N) is 1. The number of nitrogens with one attached hydrogen (secondary N) is 1. The van der Waals surface area contributed by atoms with Crippen molar-refractivity contribution in [2.24, 2.45) is 5.73 Å². The van der Waals surface area contributed by atoms with Crippen LogP contribution in [0.4, 0.5) is 0 Å². The Hall–Kier alpha value is -2.07. The maximum absolute atomic E-state index is 5.76. The first-order chi connectivity index (χ1) is 8.65. The Bertz CT molecular complexity index is 694. The zero-order valence-electron chi connectivity index (χ0n) is 10.4. The fraction of sp³-hybridized carbons (Fsp3) is 0.214. The SMILES string of the molecule is Cc1cccc2cc(-c3ncc(C(C)N)o3)[nH]c12. The van der Waals surface area contributed by atoms with Crippen LogP contribution in [0.3, 0.4) is 0 Å². The Morgan fingerprint density at radius 1 is 1.39 bits per heavy atom. The summed E-state index contributed by atoms with van der Waals surface area (Å²) in [5, 5.41) is 1.16. The number of fused-ring (bicyclic) bond motifs is 1. The van der Waals surface area contributed by atoms with Gasteiger partial charge in [-0.05, 0) is 25.5 Å². The predicted octanol–water partition coefficient (Wildman–Crippen LogP) is 3.15. The molecule has 0 saturated carbocycles. The van der Waals surface area contributed by atoms with Crippen LogP contribution in [0.5, 0.6) is 0 Å². The summed E-state index contributed by atoms with van der Waals surface area (Å²) >= 11 is 0. The van der Waals surface area contributed by atoms with Crippen molar-refractivity contribution in [2.75, 3.05) is 0 Å². The average Bonchev–Trinajstić information content (AvgIpc) is 2.95. The largest absolute Gasteiger partial charge is 0.438 e. The number of aromatic amines is 1. The van der Waals surface area contributed by atoms with Gasteiger partial charge in [0.15, 0.2) is 0 Å². The molecule has 4 heteroatoms. The summed E-state index contributed by atoms with van der Waals surface area (Å²) in [5.41, 5.74) is 8.97. The highest BCUT2D eigenvalue weighted by Gasteiger charge is 2.12. The second kappa shape index (κ2) is 3.99. The number of benzene rings is 1. The normalized spacial score (nSPS) is 13.1. The van der Waals surface area contributed by atoms with Gasteiger partial charge < -0.3 is 15.1 Å². The molecule has 0 saturated heterocycles. The van der Waals surface area contributed by atoms with Gasteiger partial charge in [-0.2, -0.15) is 0 Å². The molecule has 0 aliphatic carbocycles. The monoisotopic (exact) mass is 241 g/mol. The molecule has 0 fully saturated rings. The van der Waals surface area contributed by atoms with Gasteiger partial charge in [-0.25, -0.2) is 4.98 Å². The molecule has 0 bridgehead atoms. The molecule has 0 aliphatic rings. The van der Waals surface area contributed by atoms with E-state index in [1.165, 1.54) is 5.56 Å². The van der Waals surface area contributed by atoms with E-state index in [2.05, 4.69) is 29.0 Å². The number of oxazole rings is 1. The third-order valence-electron chi connectivity index (χ3n) is 3.07. The summed E-state index contributed by atoms with van der Waals surface area (Å²) < 4.78 is 5.63. The summed E-state index contributed by atoms with van der Waals surface area (Å²) in [6.07, 6.45) is 1.68. The predicted molar refractivity (Wildman–Crippen MR) is 71.1 cm³/mol. The van der Waals surface area contributed by atoms with Crippen molar-refractivity contribution < 1.29 is 4.42 Å². The van der Waals surface area contributed by atoms with Gasteiger partial charge in [0, 0.05) is 10.9 Å². The number of rotatable bonds is 2. The van der Waals surface area contributed by atoms with Gasteiger partial charge in [-0.15, -0.1) is 0 Å². The summed E-state index contributed by atoms with van der Waals surface area (Å²) in [4.78, 5) is 7.59. The maximum atomic E-state index is 5.76. The number of aromatic nitrogens is 2. The smallest absolute Gasteiger partial charge is 0.243 e. The van der Waals surface area contributed by atoms with Crippen molar-refractivity contribution in [3.63, 3.8) is 0 Å². The molecule has 3 aromatic rings. The second-order valence-electron chi connectivity index (χ2n) is 4.58. The van der Waals surface area contributed by atoms with Crippen molar-refractivity contribution in [3.05, 3.63) is 41.8 Å². The highest BCUT2D eigenvalue weighted by atomic mass is 16.4. The molecule has 3 N–H and O–H groups in total. The minimum absolute atomic E-state index is 0.141. The van der Waals surface area contributed by atoms with Crippen molar-refractivity contribution >= 4 is 10.9 Å². The van der Waals surface area contributed by atoms with Crippen LogP contribution in [0.25, 0.3) is 22.5 Å². The second-order valence-corrected chi connectivity index (χ2v) is 4.58. The van der Waals surface area contributed by atoms with E-state index < -0.39 is 0 Å². The average molecular weight is 241 g/mol. The molecule has 2 aromatic heterocycles. The molecule has 1 unspecified atom stereocenters. The van der Waals surface area contributed by atoms with Gasteiger partial charge in [-0.3, -0.25) is 0 Å². The summed E-state index contributed by atoms with van der Waals surface area (Å²) in [7, 11) is 0. The van der Waals surface area contributed by atoms with E-state index in [9.17, 15) is 0 Å². The number of H-pyrrole nitrogens is 1. The molecular formula is C14H15N3O. The Labute approximate surface area is 105 Å². The lowest BCUT2D eigenvalue weighted by atomic mass is 10.2. The van der Waals surface area contributed by atoms with Gasteiger partial charge in [0.05, 0.1) is 12.2 Å². The van der Waals surface area contributed by atoms with Crippen molar-refractivity contribution in [1.29, 1.82) is 0 Å². The fourth-order valence-electron chi connectivity index (χ4n) is 2.04. The van der Waals surface area contributed by atoms with Gasteiger partial charge in [0.2, 0.25) is 5.89 Å². The van der Waals surface area contributed by atoms with Crippen LogP contribution >= 0.6 is 0 Å². The number of nitrogens with zero attached hydrogens (tertiary/aromatic N) is 1. The molecule has 18 heavy (non-hydrogen) atoms.